The van der Waals surface area contributed by atoms with Gasteiger partial charge in [-0.05, 0) is 36.5 Å². The van der Waals surface area contributed by atoms with E-state index in [2.05, 4.69) is 14.8 Å². The molecule has 3 rings (SSSR count). The molecule has 2 amide bonds. The van der Waals surface area contributed by atoms with Crippen LogP contribution in [0.2, 0.25) is 0 Å². The summed E-state index contributed by atoms with van der Waals surface area (Å²) in [4.78, 5) is 25.9. The number of halogens is 3. The van der Waals surface area contributed by atoms with Gasteiger partial charge in [0.2, 0.25) is 5.91 Å². The summed E-state index contributed by atoms with van der Waals surface area (Å²) >= 11 is 0. The molecule has 1 aromatic rings. The first-order valence-electron chi connectivity index (χ1n) is 9.15. The van der Waals surface area contributed by atoms with Gasteiger partial charge in [-0.2, -0.15) is 0 Å². The van der Waals surface area contributed by atoms with E-state index in [9.17, 15) is 22.8 Å². The third-order valence-corrected chi connectivity index (χ3v) is 5.64. The number of benzene rings is 1. The lowest BCUT2D eigenvalue weighted by Gasteiger charge is -2.26. The minimum Gasteiger partial charge on any atom is -0.453 e. The van der Waals surface area contributed by atoms with Crippen LogP contribution in [0.1, 0.15) is 25.3 Å². The molecule has 1 aliphatic carbocycles. The molecule has 1 aromatic carbocycles. The lowest BCUT2D eigenvalue weighted by Crippen LogP contribution is -2.42. The Kier molecular flexibility index (Phi) is 5.45. The van der Waals surface area contributed by atoms with E-state index in [1.54, 1.807) is 17.0 Å². The third kappa shape index (κ3) is 4.18. The zero-order valence-corrected chi connectivity index (χ0v) is 15.7. The second kappa shape index (κ2) is 7.52. The molecule has 1 saturated carbocycles. The quantitative estimate of drug-likeness (QED) is 0.797. The van der Waals surface area contributed by atoms with Crippen molar-refractivity contribution in [3.63, 3.8) is 0 Å². The highest BCUT2D eigenvalue weighted by Crippen LogP contribution is 2.59. The van der Waals surface area contributed by atoms with Gasteiger partial charge in [-0.1, -0.05) is 19.1 Å². The predicted octanol–water partition coefficient (Wildman–Crippen LogP) is 3.07. The van der Waals surface area contributed by atoms with Crippen molar-refractivity contribution in [3.8, 4) is 5.75 Å². The predicted molar refractivity (Wildman–Crippen MR) is 93.7 cm³/mol. The molecule has 1 aliphatic heterocycles. The van der Waals surface area contributed by atoms with Crippen LogP contribution in [0, 0.1) is 11.8 Å². The first-order chi connectivity index (χ1) is 13.2. The molecule has 154 valence electrons. The van der Waals surface area contributed by atoms with E-state index >= 15 is 0 Å². The number of alkyl halides is 3. The molecule has 3 atom stereocenters. The van der Waals surface area contributed by atoms with Gasteiger partial charge in [-0.25, -0.2) is 4.79 Å². The fourth-order valence-corrected chi connectivity index (χ4v) is 4.03. The Bertz CT molecular complexity index is 738. The first kappa shape index (κ1) is 20.3. The molecule has 28 heavy (non-hydrogen) atoms. The molecule has 0 bridgehead atoms. The summed E-state index contributed by atoms with van der Waals surface area (Å²) in [6, 6.07) is 5.91. The van der Waals surface area contributed by atoms with E-state index in [-0.39, 0.29) is 29.5 Å². The number of carbonyl (C=O) groups excluding carboxylic acids is 2. The van der Waals surface area contributed by atoms with E-state index in [4.69, 9.17) is 0 Å². The molecule has 6 nitrogen and oxygen atoms in total. The second-order valence-electron chi connectivity index (χ2n) is 7.33. The van der Waals surface area contributed by atoms with Crippen LogP contribution in [-0.4, -0.2) is 50.0 Å². The van der Waals surface area contributed by atoms with E-state index in [0.29, 0.717) is 25.4 Å². The van der Waals surface area contributed by atoms with Gasteiger partial charge in [-0.15, -0.1) is 13.2 Å². The zero-order valence-electron chi connectivity index (χ0n) is 15.7. The van der Waals surface area contributed by atoms with Crippen LogP contribution in [0.5, 0.6) is 5.75 Å². The van der Waals surface area contributed by atoms with Crippen molar-refractivity contribution in [2.45, 2.75) is 31.5 Å². The first-order valence-corrected chi connectivity index (χ1v) is 9.15. The summed E-state index contributed by atoms with van der Waals surface area (Å²) in [5, 5.41) is 2.56. The molecular formula is C19H23F3N2O4. The maximum atomic E-state index is 12.8. The molecule has 9 heteroatoms. The van der Waals surface area contributed by atoms with Gasteiger partial charge in [0, 0.05) is 25.0 Å². The molecule has 2 fully saturated rings. The number of amides is 2. The molecule has 1 heterocycles. The number of carbonyl (C=O) groups is 2. The van der Waals surface area contributed by atoms with E-state index in [0.717, 1.165) is 12.0 Å². The van der Waals surface area contributed by atoms with Crippen molar-refractivity contribution < 1.29 is 32.2 Å². The fourth-order valence-electron chi connectivity index (χ4n) is 4.03. The van der Waals surface area contributed by atoms with Crippen molar-refractivity contribution in [2.75, 3.05) is 26.7 Å². The number of piperidine rings is 1. The summed E-state index contributed by atoms with van der Waals surface area (Å²) in [5.74, 6) is -0.314. The molecule has 1 saturated heterocycles. The van der Waals surface area contributed by atoms with Crippen LogP contribution >= 0.6 is 0 Å². The topological polar surface area (TPSA) is 67.9 Å². The summed E-state index contributed by atoms with van der Waals surface area (Å²) in [6.07, 6.45) is -3.80. The number of hydrogen-bond acceptors (Lipinski definition) is 4. The summed E-state index contributed by atoms with van der Waals surface area (Å²) in [5.41, 5.74) is 0.726. The summed E-state index contributed by atoms with van der Waals surface area (Å²) in [7, 11) is 1.26. The van der Waals surface area contributed by atoms with Crippen LogP contribution in [-0.2, 0) is 14.9 Å². The number of nitrogens with zero attached hydrogens (tertiary/aromatic N) is 1. The lowest BCUT2D eigenvalue weighted by atomic mass is 9.95. The number of nitrogens with one attached hydrogen (secondary N) is 1. The monoisotopic (exact) mass is 400 g/mol. The zero-order chi connectivity index (χ0) is 20.5. The maximum absolute atomic E-state index is 12.8. The maximum Gasteiger partial charge on any atom is 0.573 e. The van der Waals surface area contributed by atoms with Gasteiger partial charge in [0.05, 0.1) is 13.0 Å². The normalized spacial score (nSPS) is 24.3. The molecule has 3 unspecified atom stereocenters. The number of hydrogen-bond donors (Lipinski definition) is 1. The SMILES string of the molecule is CCC(CNC(=O)OC)C(=O)N1CC2CC2(c2ccc(OC(F)(F)F)cc2)C1. The molecule has 0 radical (unpaired) electrons. The van der Waals surface area contributed by atoms with Gasteiger partial charge in [0.25, 0.3) is 0 Å². The fraction of sp³-hybridized carbons (Fsp3) is 0.579. The Morgan fingerprint density at radius 1 is 1.32 bits per heavy atom. The lowest BCUT2D eigenvalue weighted by molar-refractivity contribution is -0.274. The number of fused-ring (bicyclic) bond motifs is 1. The molecule has 1 N–H and O–H groups in total. The molecule has 0 spiro atoms. The average Bonchev–Trinajstić information content (AvgIpc) is 3.22. The Hall–Kier alpha value is -2.45. The van der Waals surface area contributed by atoms with Crippen LogP contribution in [0.4, 0.5) is 18.0 Å². The van der Waals surface area contributed by atoms with Crippen molar-refractivity contribution in [3.05, 3.63) is 29.8 Å². The second-order valence-corrected chi connectivity index (χ2v) is 7.33. The Labute approximate surface area is 161 Å². The average molecular weight is 400 g/mol. The highest BCUT2D eigenvalue weighted by Gasteiger charge is 2.61. The van der Waals surface area contributed by atoms with E-state index < -0.39 is 12.5 Å². The molecular weight excluding hydrogens is 377 g/mol. The highest BCUT2D eigenvalue weighted by molar-refractivity contribution is 5.80. The van der Waals surface area contributed by atoms with E-state index in [1.807, 2.05) is 6.92 Å². The third-order valence-electron chi connectivity index (χ3n) is 5.64. The van der Waals surface area contributed by atoms with E-state index in [1.165, 1.54) is 19.2 Å². The number of alkyl carbamates (subject to hydrolysis) is 1. The number of methoxy groups -OCH3 is 1. The number of rotatable bonds is 6. The van der Waals surface area contributed by atoms with Crippen molar-refractivity contribution in [1.29, 1.82) is 0 Å². The Balaban J connectivity index is 1.63. The van der Waals surface area contributed by atoms with Crippen LogP contribution in [0.15, 0.2) is 24.3 Å². The van der Waals surface area contributed by atoms with Gasteiger partial charge >= 0.3 is 12.5 Å². The standard InChI is InChI=1S/C19H23F3N2O4/c1-3-12(9-23-17(26)27-2)16(25)24-10-14-8-18(14,11-24)13-4-6-15(7-5-13)28-19(20,21)22/h4-7,12,14H,3,8-11H2,1-2H3,(H,23,26). The van der Waals surface area contributed by atoms with Gasteiger partial charge in [0.1, 0.15) is 5.75 Å². The van der Waals surface area contributed by atoms with Gasteiger partial charge < -0.3 is 19.7 Å². The van der Waals surface area contributed by atoms with Gasteiger partial charge in [-0.3, -0.25) is 4.79 Å². The van der Waals surface area contributed by atoms with Crippen molar-refractivity contribution in [2.24, 2.45) is 11.8 Å². The molecule has 0 aromatic heterocycles. The number of likely N-dealkylation sites (tertiary alicyclic amines) is 1. The summed E-state index contributed by atoms with van der Waals surface area (Å²) in [6.45, 7) is 3.24. The minimum absolute atomic E-state index is 0.0255. The number of ether oxygens (including phenoxy) is 2. The minimum atomic E-state index is -4.72. The smallest absolute Gasteiger partial charge is 0.453 e. The summed E-state index contributed by atoms with van der Waals surface area (Å²) < 4.78 is 45.4. The highest BCUT2D eigenvalue weighted by atomic mass is 19.4. The molecule has 2 aliphatic rings. The van der Waals surface area contributed by atoms with Crippen LogP contribution in [0.3, 0.4) is 0 Å². The van der Waals surface area contributed by atoms with Crippen LogP contribution in [0.25, 0.3) is 0 Å². The van der Waals surface area contributed by atoms with Crippen LogP contribution < -0.4 is 10.1 Å². The Morgan fingerprint density at radius 2 is 2.00 bits per heavy atom. The largest absolute Gasteiger partial charge is 0.573 e. The van der Waals surface area contributed by atoms with Crippen molar-refractivity contribution >= 4 is 12.0 Å². The van der Waals surface area contributed by atoms with Gasteiger partial charge in [0.15, 0.2) is 0 Å². The van der Waals surface area contributed by atoms with Crippen molar-refractivity contribution in [1.82, 2.24) is 10.2 Å². The Morgan fingerprint density at radius 3 is 2.57 bits per heavy atom.